The highest BCUT2D eigenvalue weighted by molar-refractivity contribution is 5.88. The van der Waals surface area contributed by atoms with E-state index in [0.717, 1.165) is 6.08 Å². The minimum atomic E-state index is -1.34. The molecule has 0 aromatic heterocycles. The Bertz CT molecular complexity index is 472. The van der Waals surface area contributed by atoms with E-state index in [9.17, 15) is 14.4 Å². The van der Waals surface area contributed by atoms with Gasteiger partial charge in [0.1, 0.15) is 0 Å². The summed E-state index contributed by atoms with van der Waals surface area (Å²) in [5.41, 5.74) is -1.34. The number of carbonyl (C=O) groups excluding carboxylic acids is 3. The molecular formula is C18H28O6. The van der Waals surface area contributed by atoms with Crippen LogP contribution < -0.4 is 0 Å². The highest BCUT2D eigenvalue weighted by Crippen LogP contribution is 2.37. The fraction of sp³-hybridized carbons (Fsp3) is 0.722. The van der Waals surface area contributed by atoms with Crippen LogP contribution in [0.4, 0.5) is 0 Å². The number of esters is 3. The quantitative estimate of drug-likeness (QED) is 0.403. The fourth-order valence-electron chi connectivity index (χ4n) is 2.60. The van der Waals surface area contributed by atoms with Crippen molar-refractivity contribution in [2.75, 3.05) is 6.61 Å². The average Bonchev–Trinajstić information content (AvgIpc) is 2.52. The largest absolute Gasteiger partial charge is 0.463 e. The van der Waals surface area contributed by atoms with Gasteiger partial charge in [0, 0.05) is 6.08 Å². The molecule has 1 aliphatic carbocycles. The topological polar surface area (TPSA) is 78.9 Å². The van der Waals surface area contributed by atoms with Crippen LogP contribution in [-0.4, -0.2) is 36.2 Å². The third kappa shape index (κ3) is 5.65. The van der Waals surface area contributed by atoms with E-state index in [-0.39, 0.29) is 43.4 Å². The van der Waals surface area contributed by atoms with Gasteiger partial charge in [0.15, 0.2) is 0 Å². The Morgan fingerprint density at radius 1 is 1.17 bits per heavy atom. The zero-order chi connectivity index (χ0) is 18.3. The van der Waals surface area contributed by atoms with Gasteiger partial charge in [0.2, 0.25) is 5.60 Å². The van der Waals surface area contributed by atoms with Gasteiger partial charge in [0.25, 0.3) is 0 Å². The monoisotopic (exact) mass is 340 g/mol. The number of hydrogen-bond donors (Lipinski definition) is 0. The minimum Gasteiger partial charge on any atom is -0.463 e. The van der Waals surface area contributed by atoms with Crippen molar-refractivity contribution in [2.45, 2.75) is 65.1 Å². The number of ether oxygens (including phenoxy) is 3. The third-order valence-electron chi connectivity index (χ3n) is 3.86. The van der Waals surface area contributed by atoms with Crippen molar-refractivity contribution in [1.29, 1.82) is 0 Å². The number of hydrogen-bond acceptors (Lipinski definition) is 6. The molecule has 0 unspecified atom stereocenters. The lowest BCUT2D eigenvalue weighted by molar-refractivity contribution is -0.187. The van der Waals surface area contributed by atoms with Gasteiger partial charge in [-0.2, -0.15) is 0 Å². The van der Waals surface area contributed by atoms with Crippen molar-refractivity contribution >= 4 is 17.9 Å². The second-order valence-corrected chi connectivity index (χ2v) is 6.87. The van der Waals surface area contributed by atoms with E-state index in [2.05, 4.69) is 6.58 Å². The lowest BCUT2D eigenvalue weighted by Gasteiger charge is -2.36. The minimum absolute atomic E-state index is 0.179. The Kier molecular flexibility index (Phi) is 7.45. The third-order valence-corrected chi connectivity index (χ3v) is 3.86. The molecule has 136 valence electrons. The molecule has 0 aromatic rings. The van der Waals surface area contributed by atoms with E-state index in [1.807, 2.05) is 13.8 Å². The Morgan fingerprint density at radius 3 is 2.21 bits per heavy atom. The molecule has 0 spiro atoms. The molecule has 0 atom stereocenters. The van der Waals surface area contributed by atoms with Crippen LogP contribution in [0.2, 0.25) is 0 Å². The molecular weight excluding hydrogens is 312 g/mol. The second-order valence-electron chi connectivity index (χ2n) is 6.87. The Morgan fingerprint density at radius 2 is 1.75 bits per heavy atom. The molecule has 0 N–H and O–H groups in total. The maximum atomic E-state index is 12.5. The molecule has 0 aliphatic heterocycles. The van der Waals surface area contributed by atoms with Gasteiger partial charge in [-0.25, -0.2) is 9.59 Å². The molecule has 1 aliphatic rings. The zero-order valence-electron chi connectivity index (χ0n) is 15.0. The molecule has 1 rings (SSSR count). The Labute approximate surface area is 143 Å². The summed E-state index contributed by atoms with van der Waals surface area (Å²) in [6.07, 6.45) is 2.14. The smallest absolute Gasteiger partial charge is 0.350 e. The van der Waals surface area contributed by atoms with Crippen LogP contribution >= 0.6 is 0 Å². The zero-order valence-corrected chi connectivity index (χ0v) is 15.0. The van der Waals surface area contributed by atoms with Crippen LogP contribution in [-0.2, 0) is 28.6 Å². The van der Waals surface area contributed by atoms with Crippen molar-refractivity contribution in [3.05, 3.63) is 12.7 Å². The first-order valence-corrected chi connectivity index (χ1v) is 8.43. The molecule has 6 heteroatoms. The van der Waals surface area contributed by atoms with E-state index < -0.39 is 17.5 Å². The van der Waals surface area contributed by atoms with Gasteiger partial charge < -0.3 is 14.2 Å². The fourth-order valence-corrected chi connectivity index (χ4v) is 2.60. The van der Waals surface area contributed by atoms with Crippen LogP contribution in [0, 0.1) is 11.8 Å². The second kappa shape index (κ2) is 8.85. The van der Waals surface area contributed by atoms with Gasteiger partial charge >= 0.3 is 17.9 Å². The number of rotatable bonds is 7. The molecule has 0 heterocycles. The predicted molar refractivity (Wildman–Crippen MR) is 88.0 cm³/mol. The van der Waals surface area contributed by atoms with Crippen LogP contribution in [0.1, 0.15) is 53.4 Å². The first-order chi connectivity index (χ1) is 11.2. The van der Waals surface area contributed by atoms with Crippen molar-refractivity contribution in [2.24, 2.45) is 11.8 Å². The highest BCUT2D eigenvalue weighted by Gasteiger charge is 2.48. The van der Waals surface area contributed by atoms with Crippen molar-refractivity contribution in [3.8, 4) is 0 Å². The molecule has 6 nitrogen and oxygen atoms in total. The summed E-state index contributed by atoms with van der Waals surface area (Å²) < 4.78 is 15.9. The summed E-state index contributed by atoms with van der Waals surface area (Å²) in [4.78, 5) is 36.1. The van der Waals surface area contributed by atoms with Gasteiger partial charge in [-0.05, 0) is 45.4 Å². The lowest BCUT2D eigenvalue weighted by Crippen LogP contribution is -2.48. The van der Waals surface area contributed by atoms with E-state index in [1.54, 1.807) is 13.8 Å². The lowest BCUT2D eigenvalue weighted by atomic mass is 9.78. The van der Waals surface area contributed by atoms with E-state index in [4.69, 9.17) is 14.2 Å². The maximum absolute atomic E-state index is 12.5. The van der Waals surface area contributed by atoms with Crippen LogP contribution in [0.15, 0.2) is 12.7 Å². The maximum Gasteiger partial charge on any atom is 0.350 e. The summed E-state index contributed by atoms with van der Waals surface area (Å²) in [5.74, 6) is -1.61. The molecule has 0 saturated heterocycles. The molecule has 0 radical (unpaired) electrons. The molecule has 24 heavy (non-hydrogen) atoms. The highest BCUT2D eigenvalue weighted by atomic mass is 16.6. The summed E-state index contributed by atoms with van der Waals surface area (Å²) in [7, 11) is 0. The molecule has 0 amide bonds. The molecule has 1 saturated carbocycles. The summed E-state index contributed by atoms with van der Waals surface area (Å²) in [5, 5.41) is 0. The molecule has 0 bridgehead atoms. The van der Waals surface area contributed by atoms with Gasteiger partial charge in [0.05, 0.1) is 18.6 Å². The Balaban J connectivity index is 2.79. The average molecular weight is 340 g/mol. The Hall–Kier alpha value is -1.85. The first kappa shape index (κ1) is 20.2. The van der Waals surface area contributed by atoms with Gasteiger partial charge in [-0.3, -0.25) is 4.79 Å². The van der Waals surface area contributed by atoms with Crippen LogP contribution in [0.5, 0.6) is 0 Å². The standard InChI is InChI=1S/C18H28O6/c1-6-15(19)24-18(17(21)22-11-12(2)3)9-7-14(8-10-18)16(20)23-13(4)5/h6,12-14H,1,7-11H2,2-5H3. The van der Waals surface area contributed by atoms with Crippen LogP contribution in [0.25, 0.3) is 0 Å². The van der Waals surface area contributed by atoms with Crippen molar-refractivity contribution in [1.82, 2.24) is 0 Å². The first-order valence-electron chi connectivity index (χ1n) is 8.43. The predicted octanol–water partition coefficient (Wildman–Crippen LogP) is 2.80. The van der Waals surface area contributed by atoms with Crippen molar-refractivity contribution < 1.29 is 28.6 Å². The normalized spacial score (nSPS) is 23.7. The van der Waals surface area contributed by atoms with Gasteiger partial charge in [-0.15, -0.1) is 0 Å². The molecule has 0 aromatic carbocycles. The summed E-state index contributed by atoms with van der Waals surface area (Å²) in [6, 6.07) is 0. The summed E-state index contributed by atoms with van der Waals surface area (Å²) in [6.45, 7) is 11.1. The summed E-state index contributed by atoms with van der Waals surface area (Å²) >= 11 is 0. The van der Waals surface area contributed by atoms with E-state index in [0.29, 0.717) is 12.8 Å². The number of carbonyl (C=O) groups is 3. The van der Waals surface area contributed by atoms with E-state index >= 15 is 0 Å². The van der Waals surface area contributed by atoms with E-state index in [1.165, 1.54) is 0 Å². The van der Waals surface area contributed by atoms with Gasteiger partial charge in [-0.1, -0.05) is 20.4 Å². The van der Waals surface area contributed by atoms with Crippen molar-refractivity contribution in [3.63, 3.8) is 0 Å². The SMILES string of the molecule is C=CC(=O)OC1(C(=O)OCC(C)C)CCC(C(=O)OC(C)C)CC1. The molecule has 1 fully saturated rings. The van der Waals surface area contributed by atoms with Crippen LogP contribution in [0.3, 0.4) is 0 Å².